The lowest BCUT2D eigenvalue weighted by Gasteiger charge is -2.03. The predicted octanol–water partition coefficient (Wildman–Crippen LogP) is 5.64. The molecular formula is C13H9BrClNS2. The first kappa shape index (κ1) is 12.6. The van der Waals surface area contributed by atoms with Gasteiger partial charge in [-0.05, 0) is 45.1 Å². The molecular weight excluding hydrogens is 350 g/mol. The van der Waals surface area contributed by atoms with Crippen LogP contribution in [0.4, 0.5) is 0 Å². The van der Waals surface area contributed by atoms with Crippen LogP contribution in [-0.2, 0) is 6.42 Å². The highest BCUT2D eigenvalue weighted by Crippen LogP contribution is 2.33. The van der Waals surface area contributed by atoms with Gasteiger partial charge in [-0.1, -0.05) is 12.1 Å². The molecule has 92 valence electrons. The molecule has 5 heteroatoms. The van der Waals surface area contributed by atoms with Crippen LogP contribution in [-0.4, -0.2) is 4.98 Å². The van der Waals surface area contributed by atoms with E-state index in [1.807, 2.05) is 18.2 Å². The molecule has 2 heterocycles. The molecule has 1 nitrogen and oxygen atoms in total. The maximum Gasteiger partial charge on any atom is 0.0956 e. The second kappa shape index (κ2) is 5.29. The quantitative estimate of drug-likeness (QED) is 0.552. The van der Waals surface area contributed by atoms with Crippen molar-refractivity contribution in [2.75, 3.05) is 0 Å². The van der Waals surface area contributed by atoms with Gasteiger partial charge in [-0.2, -0.15) is 0 Å². The number of halogens is 2. The average molecular weight is 359 g/mol. The van der Waals surface area contributed by atoms with E-state index in [1.165, 1.54) is 4.70 Å². The molecule has 0 aliphatic rings. The summed E-state index contributed by atoms with van der Waals surface area (Å²) in [5.74, 6) is 0. The number of nitrogens with zero attached hydrogens (tertiary/aromatic N) is 1. The molecule has 2 aromatic heterocycles. The van der Waals surface area contributed by atoms with Crippen molar-refractivity contribution >= 4 is 60.4 Å². The fourth-order valence-corrected chi connectivity index (χ4v) is 4.45. The first-order valence-electron chi connectivity index (χ1n) is 5.45. The van der Waals surface area contributed by atoms with E-state index < -0.39 is 0 Å². The van der Waals surface area contributed by atoms with Gasteiger partial charge in [-0.25, -0.2) is 4.98 Å². The molecule has 0 amide bonds. The van der Waals surface area contributed by atoms with Gasteiger partial charge < -0.3 is 0 Å². The highest BCUT2D eigenvalue weighted by molar-refractivity contribution is 9.11. The van der Waals surface area contributed by atoms with E-state index in [-0.39, 0.29) is 5.38 Å². The minimum Gasteiger partial charge on any atom is -0.241 e. The molecule has 0 aliphatic carbocycles. The lowest BCUT2D eigenvalue weighted by Crippen LogP contribution is -1.93. The van der Waals surface area contributed by atoms with E-state index in [1.54, 1.807) is 22.7 Å². The first-order valence-corrected chi connectivity index (χ1v) is 8.37. The van der Waals surface area contributed by atoms with Crippen LogP contribution in [0.3, 0.4) is 0 Å². The maximum absolute atomic E-state index is 6.43. The number of thiophene rings is 1. The summed E-state index contributed by atoms with van der Waals surface area (Å²) in [4.78, 5) is 4.61. The monoisotopic (exact) mass is 357 g/mol. The number of thiazole rings is 1. The molecule has 0 bridgehead atoms. The molecule has 1 unspecified atom stereocenters. The summed E-state index contributed by atoms with van der Waals surface area (Å²) in [5.41, 5.74) is 2.22. The van der Waals surface area contributed by atoms with Crippen molar-refractivity contribution in [3.63, 3.8) is 0 Å². The van der Waals surface area contributed by atoms with Gasteiger partial charge in [0.1, 0.15) is 0 Å². The van der Waals surface area contributed by atoms with Gasteiger partial charge >= 0.3 is 0 Å². The zero-order chi connectivity index (χ0) is 12.5. The van der Waals surface area contributed by atoms with Crippen molar-refractivity contribution in [3.05, 3.63) is 50.1 Å². The average Bonchev–Trinajstić information content (AvgIpc) is 2.94. The van der Waals surface area contributed by atoms with E-state index in [4.69, 9.17) is 11.6 Å². The van der Waals surface area contributed by atoms with E-state index in [2.05, 4.69) is 38.4 Å². The number of para-hydroxylation sites is 1. The minimum atomic E-state index is -0.00638. The van der Waals surface area contributed by atoms with Gasteiger partial charge in [0.2, 0.25) is 0 Å². The van der Waals surface area contributed by atoms with Crippen molar-refractivity contribution in [1.82, 2.24) is 4.98 Å². The summed E-state index contributed by atoms with van der Waals surface area (Å²) in [5, 5.41) is 3.18. The highest BCUT2D eigenvalue weighted by atomic mass is 79.9. The van der Waals surface area contributed by atoms with Gasteiger partial charge in [-0.3, -0.25) is 0 Å². The Morgan fingerprint density at radius 3 is 2.89 bits per heavy atom. The third-order valence-corrected chi connectivity index (χ3v) is 5.63. The second-order valence-corrected chi connectivity index (χ2v) is 7.86. The fraction of sp³-hybridized carbons (Fsp3) is 0.154. The van der Waals surface area contributed by atoms with Crippen LogP contribution in [0, 0.1) is 0 Å². The lowest BCUT2D eigenvalue weighted by atomic mass is 10.2. The predicted molar refractivity (Wildman–Crippen MR) is 83.9 cm³/mol. The van der Waals surface area contributed by atoms with Gasteiger partial charge in [0.25, 0.3) is 0 Å². The van der Waals surface area contributed by atoms with Crippen molar-refractivity contribution in [1.29, 1.82) is 0 Å². The summed E-state index contributed by atoms with van der Waals surface area (Å²) in [6.45, 7) is 0. The van der Waals surface area contributed by atoms with Crippen molar-refractivity contribution < 1.29 is 0 Å². The zero-order valence-electron chi connectivity index (χ0n) is 9.27. The Morgan fingerprint density at radius 1 is 1.33 bits per heavy atom. The third kappa shape index (κ3) is 2.62. The van der Waals surface area contributed by atoms with Crippen LogP contribution in [0.5, 0.6) is 0 Å². The highest BCUT2D eigenvalue weighted by Gasteiger charge is 2.13. The molecule has 0 radical (unpaired) electrons. The topological polar surface area (TPSA) is 12.9 Å². The van der Waals surface area contributed by atoms with E-state index in [9.17, 15) is 0 Å². The van der Waals surface area contributed by atoms with Crippen LogP contribution in [0.15, 0.2) is 39.5 Å². The molecule has 0 spiro atoms. The number of rotatable bonds is 3. The third-order valence-electron chi connectivity index (χ3n) is 2.64. The number of hydrogen-bond acceptors (Lipinski definition) is 3. The molecule has 3 aromatic rings. The van der Waals surface area contributed by atoms with E-state index >= 15 is 0 Å². The summed E-state index contributed by atoms with van der Waals surface area (Å²) >= 11 is 13.3. The number of aromatic nitrogens is 1. The first-order chi connectivity index (χ1) is 8.72. The van der Waals surface area contributed by atoms with Gasteiger partial charge in [0.15, 0.2) is 0 Å². The normalized spacial score (nSPS) is 13.0. The summed E-state index contributed by atoms with van der Waals surface area (Å²) in [7, 11) is 0. The minimum absolute atomic E-state index is 0.00638. The Labute approximate surface area is 127 Å². The number of hydrogen-bond donors (Lipinski definition) is 0. The molecule has 0 saturated carbocycles. The van der Waals surface area contributed by atoms with Gasteiger partial charge in [-0.15, -0.1) is 34.3 Å². The fourth-order valence-electron chi connectivity index (χ4n) is 1.77. The van der Waals surface area contributed by atoms with E-state index in [0.29, 0.717) is 0 Å². The zero-order valence-corrected chi connectivity index (χ0v) is 13.2. The van der Waals surface area contributed by atoms with Crippen molar-refractivity contribution in [3.8, 4) is 0 Å². The Morgan fingerprint density at radius 2 is 2.17 bits per heavy atom. The summed E-state index contributed by atoms with van der Waals surface area (Å²) in [6.07, 6.45) is 0.782. The molecule has 1 aromatic carbocycles. The summed E-state index contributed by atoms with van der Waals surface area (Å²) < 4.78 is 2.34. The number of benzene rings is 1. The van der Waals surface area contributed by atoms with Crippen LogP contribution in [0.25, 0.3) is 10.2 Å². The Kier molecular flexibility index (Phi) is 3.71. The molecule has 0 N–H and O–H groups in total. The van der Waals surface area contributed by atoms with Crippen LogP contribution >= 0.6 is 50.2 Å². The van der Waals surface area contributed by atoms with Crippen molar-refractivity contribution in [2.24, 2.45) is 0 Å². The largest absolute Gasteiger partial charge is 0.241 e. The standard InChI is InChI=1S/C13H9BrClNS2/c14-12-5-8(7-17-12)9(15)6-13-16-10-3-1-2-4-11(10)18-13/h1-5,7,9H,6H2. The number of alkyl halides is 1. The van der Waals surface area contributed by atoms with Gasteiger partial charge in [0, 0.05) is 6.42 Å². The Bertz CT molecular complexity index is 643. The van der Waals surface area contributed by atoms with Gasteiger partial charge in [0.05, 0.1) is 24.4 Å². The molecule has 3 rings (SSSR count). The van der Waals surface area contributed by atoms with Crippen LogP contribution in [0.1, 0.15) is 15.9 Å². The molecule has 0 saturated heterocycles. The molecule has 0 fully saturated rings. The second-order valence-electron chi connectivity index (χ2n) is 3.93. The SMILES string of the molecule is ClC(Cc1nc2ccccc2s1)c1csc(Br)c1. The Hall–Kier alpha value is -0.420. The van der Waals surface area contributed by atoms with Crippen LogP contribution < -0.4 is 0 Å². The molecule has 18 heavy (non-hydrogen) atoms. The van der Waals surface area contributed by atoms with E-state index in [0.717, 1.165) is 26.3 Å². The maximum atomic E-state index is 6.43. The number of fused-ring (bicyclic) bond motifs is 1. The molecule has 1 atom stereocenters. The van der Waals surface area contributed by atoms with Crippen LogP contribution in [0.2, 0.25) is 0 Å². The smallest absolute Gasteiger partial charge is 0.0956 e. The summed E-state index contributed by atoms with van der Waals surface area (Å²) in [6, 6.07) is 10.3. The van der Waals surface area contributed by atoms with Crippen molar-refractivity contribution in [2.45, 2.75) is 11.8 Å². The lowest BCUT2D eigenvalue weighted by molar-refractivity contribution is 0.915. The molecule has 0 aliphatic heterocycles. The Balaban J connectivity index is 1.83.